The van der Waals surface area contributed by atoms with Gasteiger partial charge in [0, 0.05) is 5.75 Å². The van der Waals surface area contributed by atoms with Crippen molar-refractivity contribution in [1.29, 1.82) is 0 Å². The second-order valence-corrected chi connectivity index (χ2v) is 4.69. The third-order valence-electron chi connectivity index (χ3n) is 1.60. The monoisotopic (exact) mass is 195 g/mol. The molecule has 2 nitrogen and oxygen atoms in total. The molecule has 0 heterocycles. The molecule has 0 saturated heterocycles. The van der Waals surface area contributed by atoms with Crippen LogP contribution in [0, 0.1) is 4.91 Å². The minimum absolute atomic E-state index is 0.516. The summed E-state index contributed by atoms with van der Waals surface area (Å²) >= 11 is 1.86. The van der Waals surface area contributed by atoms with Crippen molar-refractivity contribution in [3.05, 3.63) is 34.7 Å². The highest BCUT2D eigenvalue weighted by Crippen LogP contribution is 2.20. The number of hydrogen-bond acceptors (Lipinski definition) is 3. The number of hydrogen-bond donors (Lipinski definition) is 0. The summed E-state index contributed by atoms with van der Waals surface area (Å²) in [5.41, 5.74) is 1.68. The summed E-state index contributed by atoms with van der Waals surface area (Å²) in [6.07, 6.45) is 0. The van der Waals surface area contributed by atoms with Crippen LogP contribution in [0.2, 0.25) is 0 Å². The fourth-order valence-electron chi connectivity index (χ4n) is 0.966. The summed E-state index contributed by atoms with van der Waals surface area (Å²) in [7, 11) is 0. The number of nitrogens with zero attached hydrogens (tertiary/aromatic N) is 1. The first-order valence-electron chi connectivity index (χ1n) is 4.26. The van der Waals surface area contributed by atoms with Crippen molar-refractivity contribution in [3.63, 3.8) is 0 Å². The van der Waals surface area contributed by atoms with Crippen LogP contribution in [0.1, 0.15) is 19.4 Å². The minimum atomic E-state index is 0.516. The zero-order chi connectivity index (χ0) is 9.68. The van der Waals surface area contributed by atoms with Gasteiger partial charge in [0.05, 0.1) is 0 Å². The lowest BCUT2D eigenvalue weighted by atomic mass is 10.2. The van der Waals surface area contributed by atoms with Crippen LogP contribution >= 0.6 is 11.8 Å². The van der Waals surface area contributed by atoms with Gasteiger partial charge in [-0.1, -0.05) is 26.0 Å². The van der Waals surface area contributed by atoms with Crippen LogP contribution in [0.15, 0.2) is 29.4 Å². The number of nitroso groups, excluding NO2 is 1. The van der Waals surface area contributed by atoms with Gasteiger partial charge < -0.3 is 0 Å². The van der Waals surface area contributed by atoms with Gasteiger partial charge in [-0.15, -0.1) is 4.91 Å². The van der Waals surface area contributed by atoms with Gasteiger partial charge in [0.1, 0.15) is 5.69 Å². The highest BCUT2D eigenvalue weighted by molar-refractivity contribution is 7.99. The lowest BCUT2D eigenvalue weighted by Crippen LogP contribution is -1.88. The molecule has 1 aromatic rings. The summed E-state index contributed by atoms with van der Waals surface area (Å²) in [5.74, 6) is 0.945. The zero-order valence-corrected chi connectivity index (χ0v) is 8.67. The van der Waals surface area contributed by atoms with E-state index in [0.717, 1.165) is 11.3 Å². The molecule has 0 atom stereocenters. The molecule has 0 unspecified atom stereocenters. The maximum atomic E-state index is 10.2. The minimum Gasteiger partial charge on any atom is -0.154 e. The van der Waals surface area contributed by atoms with Gasteiger partial charge in [-0.2, -0.15) is 11.8 Å². The van der Waals surface area contributed by atoms with Gasteiger partial charge in [-0.3, -0.25) is 0 Å². The maximum absolute atomic E-state index is 10.2. The Bertz CT molecular complexity index is 286. The molecule has 0 radical (unpaired) electrons. The van der Waals surface area contributed by atoms with Crippen LogP contribution in [0.25, 0.3) is 0 Å². The van der Waals surface area contributed by atoms with Gasteiger partial charge in [0.25, 0.3) is 0 Å². The Kier molecular flexibility index (Phi) is 3.96. The molecule has 0 N–H and O–H groups in total. The summed E-state index contributed by atoms with van der Waals surface area (Å²) in [6, 6.07) is 7.44. The third kappa shape index (κ3) is 3.59. The van der Waals surface area contributed by atoms with Crippen molar-refractivity contribution in [2.24, 2.45) is 5.18 Å². The number of thioether (sulfide) groups is 1. The van der Waals surface area contributed by atoms with E-state index in [-0.39, 0.29) is 0 Å². The molecule has 0 bridgehead atoms. The summed E-state index contributed by atoms with van der Waals surface area (Å²) < 4.78 is 0. The molecule has 0 saturated carbocycles. The summed E-state index contributed by atoms with van der Waals surface area (Å²) in [4.78, 5) is 10.2. The first kappa shape index (κ1) is 10.3. The van der Waals surface area contributed by atoms with E-state index >= 15 is 0 Å². The van der Waals surface area contributed by atoms with E-state index in [0.29, 0.717) is 10.9 Å². The molecule has 1 rings (SSSR count). The number of benzene rings is 1. The van der Waals surface area contributed by atoms with Crippen LogP contribution < -0.4 is 0 Å². The molecule has 0 amide bonds. The SMILES string of the molecule is CC(C)SCc1cccc(N=O)c1. The normalized spacial score (nSPS) is 10.4. The van der Waals surface area contributed by atoms with E-state index in [4.69, 9.17) is 0 Å². The Labute approximate surface area is 82.7 Å². The van der Waals surface area contributed by atoms with E-state index in [2.05, 4.69) is 19.0 Å². The molecule has 0 aliphatic heterocycles. The molecule has 0 spiro atoms. The average molecular weight is 195 g/mol. The highest BCUT2D eigenvalue weighted by Gasteiger charge is 1.98. The molecule has 0 aliphatic rings. The molecule has 13 heavy (non-hydrogen) atoms. The fraction of sp³-hybridized carbons (Fsp3) is 0.400. The first-order valence-corrected chi connectivity index (χ1v) is 5.31. The molecular weight excluding hydrogens is 182 g/mol. The van der Waals surface area contributed by atoms with Crippen molar-refractivity contribution in [2.45, 2.75) is 24.9 Å². The quantitative estimate of drug-likeness (QED) is 0.685. The van der Waals surface area contributed by atoms with Crippen molar-refractivity contribution >= 4 is 17.4 Å². The van der Waals surface area contributed by atoms with Crippen LogP contribution in [0.3, 0.4) is 0 Å². The van der Waals surface area contributed by atoms with E-state index in [1.807, 2.05) is 30.0 Å². The molecule has 0 aromatic heterocycles. The molecule has 70 valence electrons. The number of rotatable bonds is 4. The van der Waals surface area contributed by atoms with Crippen LogP contribution in [0.4, 0.5) is 5.69 Å². The van der Waals surface area contributed by atoms with E-state index in [9.17, 15) is 4.91 Å². The Morgan fingerprint density at radius 2 is 2.23 bits per heavy atom. The van der Waals surface area contributed by atoms with Crippen molar-refractivity contribution in [3.8, 4) is 0 Å². The van der Waals surface area contributed by atoms with Gasteiger partial charge in [-0.05, 0) is 28.1 Å². The second-order valence-electron chi connectivity index (χ2n) is 3.12. The predicted octanol–water partition coefficient (Wildman–Crippen LogP) is 3.73. The lowest BCUT2D eigenvalue weighted by Gasteiger charge is -2.04. The van der Waals surface area contributed by atoms with E-state index in [1.165, 1.54) is 0 Å². The van der Waals surface area contributed by atoms with Crippen LogP contribution in [-0.2, 0) is 5.75 Å². The molecule has 1 aromatic carbocycles. The topological polar surface area (TPSA) is 29.4 Å². The summed E-state index contributed by atoms with van der Waals surface area (Å²) in [5, 5.41) is 3.52. The molecular formula is C10H13NOS. The zero-order valence-electron chi connectivity index (χ0n) is 7.86. The Morgan fingerprint density at radius 1 is 1.46 bits per heavy atom. The van der Waals surface area contributed by atoms with Crippen molar-refractivity contribution < 1.29 is 0 Å². The molecule has 0 fully saturated rings. The van der Waals surface area contributed by atoms with E-state index < -0.39 is 0 Å². The van der Waals surface area contributed by atoms with Crippen molar-refractivity contribution in [1.82, 2.24) is 0 Å². The Balaban J connectivity index is 2.61. The predicted molar refractivity (Wildman–Crippen MR) is 58.3 cm³/mol. The first-order chi connectivity index (χ1) is 6.22. The van der Waals surface area contributed by atoms with Crippen LogP contribution in [-0.4, -0.2) is 5.25 Å². The second kappa shape index (κ2) is 5.02. The van der Waals surface area contributed by atoms with E-state index in [1.54, 1.807) is 6.07 Å². The largest absolute Gasteiger partial charge is 0.154 e. The Morgan fingerprint density at radius 3 is 2.85 bits per heavy atom. The molecule has 0 aliphatic carbocycles. The molecule has 3 heteroatoms. The van der Waals surface area contributed by atoms with Gasteiger partial charge in [0.2, 0.25) is 0 Å². The lowest BCUT2D eigenvalue weighted by molar-refractivity contribution is 1.11. The highest BCUT2D eigenvalue weighted by atomic mass is 32.2. The van der Waals surface area contributed by atoms with Gasteiger partial charge in [-0.25, -0.2) is 0 Å². The smallest absolute Gasteiger partial charge is 0.108 e. The van der Waals surface area contributed by atoms with Crippen molar-refractivity contribution in [2.75, 3.05) is 0 Å². The van der Waals surface area contributed by atoms with Gasteiger partial charge in [0.15, 0.2) is 0 Å². The Hall–Kier alpha value is -0.830. The standard InChI is InChI=1S/C10H13NOS/c1-8(2)13-7-9-4-3-5-10(6-9)11-12/h3-6,8H,7H2,1-2H3. The fourth-order valence-corrected chi connectivity index (χ4v) is 1.67. The average Bonchev–Trinajstić information content (AvgIpc) is 2.15. The van der Waals surface area contributed by atoms with Gasteiger partial charge >= 0.3 is 0 Å². The summed E-state index contributed by atoms with van der Waals surface area (Å²) in [6.45, 7) is 4.32. The third-order valence-corrected chi connectivity index (χ3v) is 2.77. The maximum Gasteiger partial charge on any atom is 0.108 e. The van der Waals surface area contributed by atoms with Crippen LogP contribution in [0.5, 0.6) is 0 Å².